The molecule has 0 radical (unpaired) electrons. The second-order valence-electron chi connectivity index (χ2n) is 7.05. The fourth-order valence-corrected chi connectivity index (χ4v) is 2.84. The van der Waals surface area contributed by atoms with Gasteiger partial charge in [0.05, 0.1) is 19.6 Å². The van der Waals surface area contributed by atoms with Crippen molar-refractivity contribution in [3.63, 3.8) is 0 Å². The van der Waals surface area contributed by atoms with Crippen LogP contribution in [0, 0.1) is 0 Å². The Morgan fingerprint density at radius 3 is 2.39 bits per heavy atom. The van der Waals surface area contributed by atoms with Gasteiger partial charge in [-0.1, -0.05) is 18.5 Å². The van der Waals surface area contributed by atoms with Gasteiger partial charge in [0.15, 0.2) is 0 Å². The first-order valence-corrected chi connectivity index (χ1v) is 9.76. The zero-order valence-corrected chi connectivity index (χ0v) is 17.6. The van der Waals surface area contributed by atoms with Gasteiger partial charge >= 0.3 is 0 Å². The molecule has 6 nitrogen and oxygen atoms in total. The largest absolute Gasteiger partial charge is 0.459 e. The standard InChI is InChI=1S/C21H28ClN3O3/c1-5-25(13-20(26)23-15(2)3)14-21(27)24(4)12-18-10-11-19(28-18)16-6-8-17(22)9-7-16/h6-11,15H,5,12-14H2,1-4H3,(H,23,26). The van der Waals surface area contributed by atoms with E-state index in [1.165, 1.54) is 0 Å². The predicted octanol–water partition coefficient (Wildman–Crippen LogP) is 3.40. The number of hydrogen-bond acceptors (Lipinski definition) is 4. The fourth-order valence-electron chi connectivity index (χ4n) is 2.72. The number of benzene rings is 1. The molecule has 0 bridgehead atoms. The van der Waals surface area contributed by atoms with Crippen LogP contribution in [0.25, 0.3) is 11.3 Å². The molecule has 0 fully saturated rings. The smallest absolute Gasteiger partial charge is 0.236 e. The monoisotopic (exact) mass is 405 g/mol. The fraction of sp³-hybridized carbons (Fsp3) is 0.429. The molecule has 1 aromatic heterocycles. The molecule has 1 N–H and O–H groups in total. The molecule has 7 heteroatoms. The molecule has 1 aromatic carbocycles. The summed E-state index contributed by atoms with van der Waals surface area (Å²) in [7, 11) is 1.73. The van der Waals surface area contributed by atoms with E-state index in [0.717, 1.165) is 11.3 Å². The Kier molecular flexibility index (Phi) is 8.08. The minimum absolute atomic E-state index is 0.0661. The minimum Gasteiger partial charge on any atom is -0.459 e. The Bertz CT molecular complexity index is 786. The van der Waals surface area contributed by atoms with Crippen LogP contribution >= 0.6 is 11.6 Å². The average Bonchev–Trinajstić information content (AvgIpc) is 3.09. The van der Waals surface area contributed by atoms with Crippen molar-refractivity contribution in [3.8, 4) is 11.3 Å². The predicted molar refractivity (Wildman–Crippen MR) is 111 cm³/mol. The summed E-state index contributed by atoms with van der Waals surface area (Å²) in [4.78, 5) is 27.9. The maximum Gasteiger partial charge on any atom is 0.236 e. The number of nitrogens with zero attached hydrogens (tertiary/aromatic N) is 2. The van der Waals surface area contributed by atoms with Crippen LogP contribution in [0.1, 0.15) is 26.5 Å². The number of halogens is 1. The molecule has 0 atom stereocenters. The Morgan fingerprint density at radius 1 is 1.11 bits per heavy atom. The summed E-state index contributed by atoms with van der Waals surface area (Å²) < 4.78 is 5.86. The molecule has 0 saturated carbocycles. The van der Waals surface area contributed by atoms with Crippen molar-refractivity contribution in [2.75, 3.05) is 26.7 Å². The molecule has 2 aromatic rings. The van der Waals surface area contributed by atoms with Crippen molar-refractivity contribution in [2.24, 2.45) is 0 Å². The first-order valence-electron chi connectivity index (χ1n) is 9.38. The van der Waals surface area contributed by atoms with E-state index in [1.54, 1.807) is 11.9 Å². The molecular weight excluding hydrogens is 378 g/mol. The average molecular weight is 406 g/mol. The van der Waals surface area contributed by atoms with Crippen LogP contribution in [0.5, 0.6) is 0 Å². The summed E-state index contributed by atoms with van der Waals surface area (Å²) in [5.41, 5.74) is 0.929. The van der Waals surface area contributed by atoms with E-state index in [1.807, 2.05) is 62.1 Å². The number of amides is 2. The Labute approximate surface area is 171 Å². The zero-order valence-electron chi connectivity index (χ0n) is 16.9. The van der Waals surface area contributed by atoms with Gasteiger partial charge < -0.3 is 14.6 Å². The van der Waals surface area contributed by atoms with Gasteiger partial charge in [-0.2, -0.15) is 0 Å². The molecule has 0 aliphatic heterocycles. The highest BCUT2D eigenvalue weighted by atomic mass is 35.5. The highest BCUT2D eigenvalue weighted by molar-refractivity contribution is 6.30. The van der Waals surface area contributed by atoms with Gasteiger partial charge in [0.25, 0.3) is 0 Å². The van der Waals surface area contributed by atoms with Crippen LogP contribution in [0.15, 0.2) is 40.8 Å². The molecule has 0 aliphatic rings. The van der Waals surface area contributed by atoms with E-state index in [9.17, 15) is 9.59 Å². The maximum atomic E-state index is 12.5. The first kappa shape index (κ1) is 22.0. The van der Waals surface area contributed by atoms with E-state index in [0.29, 0.717) is 23.9 Å². The van der Waals surface area contributed by atoms with Gasteiger partial charge in [-0.05, 0) is 56.8 Å². The summed E-state index contributed by atoms with van der Waals surface area (Å²) in [6.45, 7) is 7.12. The molecule has 1 heterocycles. The van der Waals surface area contributed by atoms with Crippen LogP contribution in [-0.4, -0.2) is 54.3 Å². The summed E-state index contributed by atoms with van der Waals surface area (Å²) >= 11 is 5.91. The lowest BCUT2D eigenvalue weighted by Crippen LogP contribution is -2.44. The molecule has 0 aliphatic carbocycles. The van der Waals surface area contributed by atoms with Gasteiger partial charge in [0.2, 0.25) is 11.8 Å². The molecule has 2 amide bonds. The van der Waals surface area contributed by atoms with Gasteiger partial charge in [-0.3, -0.25) is 14.5 Å². The number of furan rings is 1. The zero-order chi connectivity index (χ0) is 20.7. The summed E-state index contributed by atoms with van der Waals surface area (Å²) in [6.07, 6.45) is 0. The van der Waals surface area contributed by atoms with E-state index < -0.39 is 0 Å². The number of carbonyl (C=O) groups excluding carboxylic acids is 2. The second kappa shape index (κ2) is 10.3. The number of hydrogen-bond donors (Lipinski definition) is 1. The van der Waals surface area contributed by atoms with E-state index >= 15 is 0 Å². The number of rotatable bonds is 9. The van der Waals surface area contributed by atoms with Gasteiger partial charge in [-0.15, -0.1) is 0 Å². The van der Waals surface area contributed by atoms with Gasteiger partial charge in [0, 0.05) is 23.7 Å². The third kappa shape index (κ3) is 6.69. The summed E-state index contributed by atoms with van der Waals surface area (Å²) in [5.74, 6) is 1.28. The molecule has 0 saturated heterocycles. The lowest BCUT2D eigenvalue weighted by molar-refractivity contribution is -0.132. The minimum atomic E-state index is -0.0778. The molecule has 2 rings (SSSR count). The third-order valence-corrected chi connectivity index (χ3v) is 4.48. The van der Waals surface area contributed by atoms with Crippen molar-refractivity contribution < 1.29 is 14.0 Å². The number of likely N-dealkylation sites (N-methyl/N-ethyl adjacent to an activating group) is 2. The molecule has 28 heavy (non-hydrogen) atoms. The van der Waals surface area contributed by atoms with Crippen molar-refractivity contribution >= 4 is 23.4 Å². The molecule has 0 spiro atoms. The SMILES string of the molecule is CCN(CC(=O)NC(C)C)CC(=O)N(C)Cc1ccc(-c2ccc(Cl)cc2)o1. The van der Waals surface area contributed by atoms with Crippen molar-refractivity contribution in [1.29, 1.82) is 0 Å². The maximum absolute atomic E-state index is 12.5. The van der Waals surface area contributed by atoms with Crippen LogP contribution in [0.3, 0.4) is 0 Å². The first-order chi connectivity index (χ1) is 13.3. The topological polar surface area (TPSA) is 65.8 Å². The Morgan fingerprint density at radius 2 is 1.79 bits per heavy atom. The van der Waals surface area contributed by atoms with Crippen LogP contribution in [0.4, 0.5) is 0 Å². The Hall–Kier alpha value is -2.31. The van der Waals surface area contributed by atoms with Crippen molar-refractivity contribution in [1.82, 2.24) is 15.1 Å². The van der Waals surface area contributed by atoms with E-state index in [-0.39, 0.29) is 30.9 Å². The molecular formula is C21H28ClN3O3. The normalized spacial score (nSPS) is 11.1. The highest BCUT2D eigenvalue weighted by Gasteiger charge is 2.17. The van der Waals surface area contributed by atoms with Gasteiger partial charge in [-0.25, -0.2) is 0 Å². The summed E-state index contributed by atoms with van der Waals surface area (Å²) in [6, 6.07) is 11.2. The van der Waals surface area contributed by atoms with Crippen molar-refractivity contribution in [3.05, 3.63) is 47.2 Å². The molecule has 0 unspecified atom stereocenters. The van der Waals surface area contributed by atoms with Crippen LogP contribution < -0.4 is 5.32 Å². The number of nitrogens with one attached hydrogen (secondary N) is 1. The molecule has 152 valence electrons. The van der Waals surface area contributed by atoms with Crippen LogP contribution in [-0.2, 0) is 16.1 Å². The van der Waals surface area contributed by atoms with E-state index in [2.05, 4.69) is 5.32 Å². The van der Waals surface area contributed by atoms with Gasteiger partial charge in [0.1, 0.15) is 11.5 Å². The third-order valence-electron chi connectivity index (χ3n) is 4.23. The number of carbonyl (C=O) groups is 2. The Balaban J connectivity index is 1.91. The van der Waals surface area contributed by atoms with Crippen molar-refractivity contribution in [2.45, 2.75) is 33.4 Å². The quantitative estimate of drug-likeness (QED) is 0.694. The second-order valence-corrected chi connectivity index (χ2v) is 7.48. The highest BCUT2D eigenvalue weighted by Crippen LogP contribution is 2.24. The van der Waals surface area contributed by atoms with Crippen LogP contribution in [0.2, 0.25) is 5.02 Å². The lowest BCUT2D eigenvalue weighted by atomic mass is 10.2. The summed E-state index contributed by atoms with van der Waals surface area (Å²) in [5, 5.41) is 3.51. The lowest BCUT2D eigenvalue weighted by Gasteiger charge is -2.23. The van der Waals surface area contributed by atoms with E-state index in [4.69, 9.17) is 16.0 Å².